The number of carbonyl (C=O) groups is 1. The highest BCUT2D eigenvalue weighted by Gasteiger charge is 2.09. The van der Waals surface area contributed by atoms with Crippen molar-refractivity contribution < 1.29 is 18.3 Å². The number of nitrogens with one attached hydrogen (secondary N) is 2. The zero-order valence-electron chi connectivity index (χ0n) is 16.1. The summed E-state index contributed by atoms with van der Waals surface area (Å²) in [5.74, 6) is 0.240. The van der Waals surface area contributed by atoms with Crippen LogP contribution in [0.4, 0.5) is 19.6 Å². The maximum absolute atomic E-state index is 12.1. The molecule has 6 nitrogen and oxygen atoms in total. The van der Waals surface area contributed by atoms with Crippen LogP contribution in [0.5, 0.6) is 5.75 Å². The maximum Gasteiger partial charge on any atom is 0.387 e. The first kappa shape index (κ1) is 22.0. The average Bonchev–Trinajstić information content (AvgIpc) is 3.15. The van der Waals surface area contributed by atoms with E-state index in [1.807, 2.05) is 31.2 Å². The van der Waals surface area contributed by atoms with Crippen LogP contribution in [0.1, 0.15) is 11.1 Å². The number of rotatable bonds is 10. The lowest BCUT2D eigenvalue weighted by atomic mass is 10.1. The molecule has 0 spiro atoms. The van der Waals surface area contributed by atoms with E-state index >= 15 is 0 Å². The second kappa shape index (κ2) is 10.9. The monoisotopic (exact) mass is 450 g/mol. The van der Waals surface area contributed by atoms with Gasteiger partial charge in [-0.3, -0.25) is 4.79 Å². The Kier molecular flexibility index (Phi) is 7.97. The van der Waals surface area contributed by atoms with Gasteiger partial charge in [0.05, 0.1) is 5.75 Å². The van der Waals surface area contributed by atoms with E-state index in [9.17, 15) is 13.6 Å². The van der Waals surface area contributed by atoms with E-state index in [0.29, 0.717) is 22.4 Å². The van der Waals surface area contributed by atoms with Crippen molar-refractivity contribution in [3.8, 4) is 5.75 Å². The highest BCUT2D eigenvalue weighted by Crippen LogP contribution is 2.27. The molecule has 0 bridgehead atoms. The molecule has 158 valence electrons. The maximum atomic E-state index is 12.1. The lowest BCUT2D eigenvalue weighted by molar-refractivity contribution is -0.118. The van der Waals surface area contributed by atoms with Crippen molar-refractivity contribution in [3.05, 3.63) is 59.7 Å². The summed E-state index contributed by atoms with van der Waals surface area (Å²) in [4.78, 5) is 12.0. The molecule has 1 heterocycles. The topological polar surface area (TPSA) is 76.1 Å². The molecule has 0 fully saturated rings. The van der Waals surface area contributed by atoms with E-state index in [1.54, 1.807) is 12.1 Å². The van der Waals surface area contributed by atoms with Crippen molar-refractivity contribution in [2.45, 2.75) is 24.3 Å². The summed E-state index contributed by atoms with van der Waals surface area (Å²) in [7, 11) is 0. The van der Waals surface area contributed by atoms with Crippen molar-refractivity contribution in [2.24, 2.45) is 0 Å². The molecule has 30 heavy (non-hydrogen) atoms. The van der Waals surface area contributed by atoms with Crippen LogP contribution in [0, 0.1) is 6.92 Å². The number of hydrogen-bond acceptors (Lipinski definition) is 7. The van der Waals surface area contributed by atoms with Gasteiger partial charge in [-0.15, -0.1) is 10.2 Å². The van der Waals surface area contributed by atoms with Gasteiger partial charge < -0.3 is 15.4 Å². The van der Waals surface area contributed by atoms with Crippen molar-refractivity contribution in [1.29, 1.82) is 0 Å². The first-order valence-electron chi connectivity index (χ1n) is 9.08. The number of carbonyl (C=O) groups excluding carboxylic acids is 1. The Bertz CT molecular complexity index is 967. The predicted molar refractivity (Wildman–Crippen MR) is 115 cm³/mol. The van der Waals surface area contributed by atoms with E-state index in [0.717, 1.165) is 16.8 Å². The third-order valence-electron chi connectivity index (χ3n) is 3.89. The Balaban J connectivity index is 1.37. The highest BCUT2D eigenvalue weighted by atomic mass is 32.2. The van der Waals surface area contributed by atoms with Gasteiger partial charge in [-0.1, -0.05) is 47.4 Å². The number of alkyl halides is 2. The number of anilines is 2. The van der Waals surface area contributed by atoms with Crippen LogP contribution in [0.25, 0.3) is 0 Å². The number of halogens is 2. The minimum absolute atomic E-state index is 0.110. The van der Waals surface area contributed by atoms with Gasteiger partial charge in [0.25, 0.3) is 0 Å². The standard InChI is InChI=1S/C20H20F2N4O2S2/c1-13-3-2-4-15(11-13)24-19-25-26-20(30-19)29-12-17(27)23-10-9-14-5-7-16(8-6-14)28-18(21)22/h2-8,11,18H,9-10,12H2,1H3,(H,23,27)(H,24,25). The summed E-state index contributed by atoms with van der Waals surface area (Å²) >= 11 is 2.71. The molecule has 0 aliphatic heterocycles. The number of aromatic nitrogens is 2. The van der Waals surface area contributed by atoms with Crippen molar-refractivity contribution in [1.82, 2.24) is 15.5 Å². The molecule has 0 atom stereocenters. The highest BCUT2D eigenvalue weighted by molar-refractivity contribution is 8.01. The molecule has 0 unspecified atom stereocenters. The third-order valence-corrected chi connectivity index (χ3v) is 5.86. The summed E-state index contributed by atoms with van der Waals surface area (Å²) in [6, 6.07) is 14.3. The van der Waals surface area contributed by atoms with Crippen LogP contribution in [-0.2, 0) is 11.2 Å². The molecular formula is C20H20F2N4O2S2. The molecule has 0 saturated heterocycles. The summed E-state index contributed by atoms with van der Waals surface area (Å²) in [5.41, 5.74) is 3.00. The van der Waals surface area contributed by atoms with Crippen molar-refractivity contribution >= 4 is 39.8 Å². The van der Waals surface area contributed by atoms with Gasteiger partial charge in [0.2, 0.25) is 11.0 Å². The Hall–Kier alpha value is -2.72. The first-order valence-corrected chi connectivity index (χ1v) is 10.9. The van der Waals surface area contributed by atoms with Crippen LogP contribution < -0.4 is 15.4 Å². The predicted octanol–water partition coefficient (Wildman–Crippen LogP) is 4.64. The molecule has 10 heteroatoms. The fourth-order valence-electron chi connectivity index (χ4n) is 2.53. The zero-order chi connectivity index (χ0) is 21.3. The molecule has 0 saturated carbocycles. The van der Waals surface area contributed by atoms with E-state index < -0.39 is 6.61 Å². The Morgan fingerprint density at radius 2 is 2.00 bits per heavy atom. The first-order chi connectivity index (χ1) is 14.5. The Labute approximate surface area is 181 Å². The van der Waals surface area contributed by atoms with Crippen molar-refractivity contribution in [3.63, 3.8) is 0 Å². The Morgan fingerprint density at radius 1 is 1.20 bits per heavy atom. The van der Waals surface area contributed by atoms with E-state index in [4.69, 9.17) is 0 Å². The van der Waals surface area contributed by atoms with Gasteiger partial charge in [-0.25, -0.2) is 0 Å². The zero-order valence-corrected chi connectivity index (χ0v) is 17.7. The van der Waals surface area contributed by atoms with Gasteiger partial charge in [-0.2, -0.15) is 8.78 Å². The number of nitrogens with zero attached hydrogens (tertiary/aromatic N) is 2. The molecule has 3 rings (SSSR count). The lowest BCUT2D eigenvalue weighted by Gasteiger charge is -2.07. The number of benzene rings is 2. The number of hydrogen-bond donors (Lipinski definition) is 2. The number of ether oxygens (including phenoxy) is 1. The molecule has 2 N–H and O–H groups in total. The minimum atomic E-state index is -2.84. The summed E-state index contributed by atoms with van der Waals surface area (Å²) in [6.45, 7) is -0.373. The Morgan fingerprint density at radius 3 is 2.73 bits per heavy atom. The third kappa shape index (κ3) is 7.27. The quantitative estimate of drug-likeness (QED) is 0.438. The van der Waals surface area contributed by atoms with E-state index in [-0.39, 0.29) is 17.4 Å². The molecule has 0 aliphatic carbocycles. The van der Waals surface area contributed by atoms with Crippen LogP contribution >= 0.6 is 23.1 Å². The lowest BCUT2D eigenvalue weighted by Crippen LogP contribution is -2.27. The second-order valence-corrected chi connectivity index (χ2v) is 8.48. The SMILES string of the molecule is Cc1cccc(Nc2nnc(SCC(=O)NCCc3ccc(OC(F)F)cc3)s2)c1. The van der Waals surface area contributed by atoms with Gasteiger partial charge in [0.15, 0.2) is 4.34 Å². The molecule has 0 radical (unpaired) electrons. The number of amides is 1. The van der Waals surface area contributed by atoms with E-state index in [2.05, 4.69) is 25.6 Å². The number of aryl methyl sites for hydroxylation is 1. The largest absolute Gasteiger partial charge is 0.435 e. The molecule has 2 aromatic carbocycles. The van der Waals surface area contributed by atoms with Gasteiger partial charge in [0, 0.05) is 12.2 Å². The van der Waals surface area contributed by atoms with E-state index in [1.165, 1.54) is 35.2 Å². The van der Waals surface area contributed by atoms with Gasteiger partial charge >= 0.3 is 6.61 Å². The molecular weight excluding hydrogens is 430 g/mol. The normalized spacial score (nSPS) is 10.8. The average molecular weight is 451 g/mol. The summed E-state index contributed by atoms with van der Waals surface area (Å²) < 4.78 is 29.3. The van der Waals surface area contributed by atoms with Gasteiger partial charge in [0.1, 0.15) is 5.75 Å². The second-order valence-electron chi connectivity index (χ2n) is 6.28. The minimum Gasteiger partial charge on any atom is -0.435 e. The molecule has 3 aromatic rings. The summed E-state index contributed by atoms with van der Waals surface area (Å²) in [6.07, 6.45) is 0.592. The summed E-state index contributed by atoms with van der Waals surface area (Å²) in [5, 5.41) is 14.9. The smallest absolute Gasteiger partial charge is 0.387 e. The van der Waals surface area contributed by atoms with Crippen LogP contribution in [0.3, 0.4) is 0 Å². The van der Waals surface area contributed by atoms with Crippen LogP contribution in [0.2, 0.25) is 0 Å². The number of thioether (sulfide) groups is 1. The van der Waals surface area contributed by atoms with Crippen molar-refractivity contribution in [2.75, 3.05) is 17.6 Å². The van der Waals surface area contributed by atoms with Gasteiger partial charge in [-0.05, 0) is 48.7 Å². The fourth-order valence-corrected chi connectivity index (χ4v) is 4.13. The fraction of sp³-hybridized carbons (Fsp3) is 0.250. The molecule has 1 aromatic heterocycles. The molecule has 0 aliphatic rings. The molecule has 1 amide bonds. The van der Waals surface area contributed by atoms with Crippen LogP contribution in [-0.4, -0.2) is 35.0 Å². The van der Waals surface area contributed by atoms with Crippen LogP contribution in [0.15, 0.2) is 52.9 Å².